The Hall–Kier alpha value is -1.31. The zero-order chi connectivity index (χ0) is 18.0. The molecule has 1 aromatic carbocycles. The molecule has 1 rings (SSSR count). The molecule has 0 saturated carbocycles. The van der Waals surface area contributed by atoms with Crippen LogP contribution in [0.3, 0.4) is 0 Å². The van der Waals surface area contributed by atoms with Crippen LogP contribution in [0.4, 0.5) is 0 Å². The lowest BCUT2D eigenvalue weighted by Gasteiger charge is -2.11. The van der Waals surface area contributed by atoms with Gasteiger partial charge in [-0.05, 0) is 49.7 Å². The molecule has 2 nitrogen and oxygen atoms in total. The Labute approximate surface area is 144 Å². The Morgan fingerprint density at radius 3 is 2.26 bits per heavy atom. The highest BCUT2D eigenvalue weighted by Gasteiger charge is 2.08. The van der Waals surface area contributed by atoms with Gasteiger partial charge in [0.15, 0.2) is 0 Å². The maximum absolute atomic E-state index is 11.6. The van der Waals surface area contributed by atoms with Crippen LogP contribution in [0.25, 0.3) is 0 Å². The Balaban J connectivity index is 0.000000841. The summed E-state index contributed by atoms with van der Waals surface area (Å²) in [4.78, 5) is 11.6. The van der Waals surface area contributed by atoms with Crippen molar-refractivity contribution in [2.75, 3.05) is 6.54 Å². The smallest absolute Gasteiger partial charge is 0.222 e. The standard InChI is InChI=1S/C16H25NO.C5H12/c1-5-13(3)16(18)17-10-6-7-15-11-12(2)8-9-14(15)4;1-5(2,3)4/h8-9,11,13H,5-7,10H2,1-4H3,(H,17,18);1-4H3. The van der Waals surface area contributed by atoms with Gasteiger partial charge in [0.1, 0.15) is 0 Å². The number of hydrogen-bond acceptors (Lipinski definition) is 1. The Bertz CT molecular complexity index is 465. The highest BCUT2D eigenvalue weighted by atomic mass is 16.1. The molecule has 23 heavy (non-hydrogen) atoms. The van der Waals surface area contributed by atoms with E-state index in [0.29, 0.717) is 5.41 Å². The van der Waals surface area contributed by atoms with Crippen LogP contribution in [0.15, 0.2) is 18.2 Å². The summed E-state index contributed by atoms with van der Waals surface area (Å²) in [6.07, 6.45) is 2.95. The normalized spacial score (nSPS) is 12.2. The third-order valence-corrected chi connectivity index (χ3v) is 3.49. The molecular weight excluding hydrogens is 282 g/mol. The van der Waals surface area contributed by atoms with Crippen molar-refractivity contribution in [3.05, 3.63) is 34.9 Å². The lowest BCUT2D eigenvalue weighted by atomic mass is 10.0. The van der Waals surface area contributed by atoms with E-state index in [2.05, 4.69) is 65.1 Å². The number of nitrogens with one attached hydrogen (secondary N) is 1. The van der Waals surface area contributed by atoms with E-state index >= 15 is 0 Å². The molecule has 0 aromatic heterocycles. The summed E-state index contributed by atoms with van der Waals surface area (Å²) in [5.74, 6) is 0.309. The SMILES string of the molecule is CC(C)(C)C.CCC(C)C(=O)NCCCc1cc(C)ccc1C. The van der Waals surface area contributed by atoms with E-state index < -0.39 is 0 Å². The van der Waals surface area contributed by atoms with Gasteiger partial charge in [0.25, 0.3) is 0 Å². The average Bonchev–Trinajstić information content (AvgIpc) is 2.44. The molecule has 0 aliphatic rings. The van der Waals surface area contributed by atoms with Crippen LogP contribution in [0, 0.1) is 25.2 Å². The van der Waals surface area contributed by atoms with Crippen molar-refractivity contribution in [3.8, 4) is 0 Å². The number of amides is 1. The zero-order valence-corrected chi connectivity index (χ0v) is 16.5. The molecule has 0 aliphatic heterocycles. The van der Waals surface area contributed by atoms with Gasteiger partial charge in [-0.25, -0.2) is 0 Å². The molecule has 1 atom stereocenters. The van der Waals surface area contributed by atoms with Crippen LogP contribution in [0.5, 0.6) is 0 Å². The highest BCUT2D eigenvalue weighted by molar-refractivity contribution is 5.78. The lowest BCUT2D eigenvalue weighted by molar-refractivity contribution is -0.124. The summed E-state index contributed by atoms with van der Waals surface area (Å²) < 4.78 is 0. The quantitative estimate of drug-likeness (QED) is 0.694. The summed E-state index contributed by atoms with van der Waals surface area (Å²) in [5, 5.41) is 3.00. The molecule has 0 saturated heterocycles. The molecule has 1 unspecified atom stereocenters. The fourth-order valence-electron chi connectivity index (χ4n) is 1.92. The second kappa shape index (κ2) is 10.5. The number of benzene rings is 1. The number of rotatable bonds is 6. The summed E-state index contributed by atoms with van der Waals surface area (Å²) >= 11 is 0. The summed E-state index contributed by atoms with van der Waals surface area (Å²) in [6, 6.07) is 6.55. The molecule has 0 aliphatic carbocycles. The number of carbonyl (C=O) groups is 1. The maximum Gasteiger partial charge on any atom is 0.222 e. The zero-order valence-electron chi connectivity index (χ0n) is 16.5. The third-order valence-electron chi connectivity index (χ3n) is 3.49. The molecule has 2 heteroatoms. The molecule has 0 heterocycles. The highest BCUT2D eigenvalue weighted by Crippen LogP contribution is 2.12. The largest absolute Gasteiger partial charge is 0.356 e. The summed E-state index contributed by atoms with van der Waals surface area (Å²) in [6.45, 7) is 17.8. The first-order valence-corrected chi connectivity index (χ1v) is 8.88. The van der Waals surface area contributed by atoms with Crippen molar-refractivity contribution in [2.45, 2.75) is 74.7 Å². The first-order chi connectivity index (χ1) is 10.5. The predicted molar refractivity (Wildman–Crippen MR) is 102 cm³/mol. The van der Waals surface area contributed by atoms with Gasteiger partial charge in [-0.3, -0.25) is 4.79 Å². The van der Waals surface area contributed by atoms with Crippen molar-refractivity contribution in [3.63, 3.8) is 0 Å². The third kappa shape index (κ3) is 11.9. The van der Waals surface area contributed by atoms with E-state index in [1.165, 1.54) is 16.7 Å². The van der Waals surface area contributed by atoms with Crippen LogP contribution >= 0.6 is 0 Å². The minimum absolute atomic E-state index is 0.130. The molecule has 1 N–H and O–H groups in total. The molecule has 0 fully saturated rings. The van der Waals surface area contributed by atoms with Crippen LogP contribution in [-0.2, 0) is 11.2 Å². The number of hydrogen-bond donors (Lipinski definition) is 1. The van der Waals surface area contributed by atoms with Gasteiger partial charge in [0, 0.05) is 12.5 Å². The first-order valence-electron chi connectivity index (χ1n) is 8.88. The van der Waals surface area contributed by atoms with Crippen molar-refractivity contribution < 1.29 is 4.79 Å². The molecule has 132 valence electrons. The molecule has 0 bridgehead atoms. The number of carbonyl (C=O) groups excluding carboxylic acids is 1. The van der Waals surface area contributed by atoms with Gasteiger partial charge < -0.3 is 5.32 Å². The van der Waals surface area contributed by atoms with Crippen LogP contribution in [0.1, 0.15) is 71.1 Å². The van der Waals surface area contributed by atoms with E-state index in [1.54, 1.807) is 0 Å². The topological polar surface area (TPSA) is 29.1 Å². The van der Waals surface area contributed by atoms with Gasteiger partial charge in [0.2, 0.25) is 5.91 Å². The van der Waals surface area contributed by atoms with Gasteiger partial charge in [-0.2, -0.15) is 0 Å². The predicted octanol–water partition coefficient (Wildman–Crippen LogP) is 5.45. The van der Waals surface area contributed by atoms with E-state index in [9.17, 15) is 4.79 Å². The minimum atomic E-state index is 0.130. The summed E-state index contributed by atoms with van der Waals surface area (Å²) in [7, 11) is 0. The maximum atomic E-state index is 11.6. The van der Waals surface area contributed by atoms with Crippen LogP contribution < -0.4 is 5.32 Å². The van der Waals surface area contributed by atoms with E-state index in [-0.39, 0.29) is 11.8 Å². The van der Waals surface area contributed by atoms with Crippen molar-refractivity contribution >= 4 is 5.91 Å². The van der Waals surface area contributed by atoms with Crippen LogP contribution in [-0.4, -0.2) is 12.5 Å². The van der Waals surface area contributed by atoms with Gasteiger partial charge in [-0.15, -0.1) is 0 Å². The van der Waals surface area contributed by atoms with Crippen molar-refractivity contribution in [1.29, 1.82) is 0 Å². The van der Waals surface area contributed by atoms with Gasteiger partial charge >= 0.3 is 0 Å². The first kappa shape index (κ1) is 21.7. The fourth-order valence-corrected chi connectivity index (χ4v) is 1.92. The Kier molecular flexibility index (Phi) is 9.87. The molecule has 0 radical (unpaired) electrons. The van der Waals surface area contributed by atoms with Gasteiger partial charge in [0.05, 0.1) is 0 Å². The lowest BCUT2D eigenvalue weighted by Crippen LogP contribution is -2.29. The van der Waals surface area contributed by atoms with Crippen molar-refractivity contribution in [2.24, 2.45) is 11.3 Å². The summed E-state index contributed by atoms with van der Waals surface area (Å²) in [5.41, 5.74) is 4.54. The second-order valence-electron chi connectivity index (χ2n) is 8.13. The van der Waals surface area contributed by atoms with Gasteiger partial charge in [-0.1, -0.05) is 65.3 Å². The fraction of sp³-hybridized carbons (Fsp3) is 0.667. The molecule has 0 spiro atoms. The van der Waals surface area contributed by atoms with Crippen molar-refractivity contribution in [1.82, 2.24) is 5.32 Å². The van der Waals surface area contributed by atoms with E-state index in [4.69, 9.17) is 0 Å². The average molecular weight is 320 g/mol. The Morgan fingerprint density at radius 2 is 1.74 bits per heavy atom. The van der Waals surface area contributed by atoms with E-state index in [1.807, 2.05) is 13.8 Å². The minimum Gasteiger partial charge on any atom is -0.356 e. The Morgan fingerprint density at radius 1 is 1.17 bits per heavy atom. The monoisotopic (exact) mass is 319 g/mol. The molecule has 1 aromatic rings. The number of aryl methyl sites for hydroxylation is 3. The second-order valence-corrected chi connectivity index (χ2v) is 8.13. The van der Waals surface area contributed by atoms with Crippen LogP contribution in [0.2, 0.25) is 0 Å². The molecule has 1 amide bonds. The molecular formula is C21H37NO. The van der Waals surface area contributed by atoms with E-state index in [0.717, 1.165) is 25.8 Å².